The van der Waals surface area contributed by atoms with Gasteiger partial charge in [-0.05, 0) is 19.1 Å². The fourth-order valence-electron chi connectivity index (χ4n) is 3.23. The number of carbonyl (C=O) groups is 2. The SMILES string of the molecule is Cc1nn(-c2ccccc2)c2c1N(CC(=O)N1CCOCC1)C(=O)CS2. The predicted molar refractivity (Wildman–Crippen MR) is 98.8 cm³/mol. The highest BCUT2D eigenvalue weighted by molar-refractivity contribution is 8.00. The van der Waals surface area contributed by atoms with E-state index in [4.69, 9.17) is 4.74 Å². The lowest BCUT2D eigenvalue weighted by atomic mass is 10.3. The molecule has 0 spiro atoms. The zero-order valence-corrected chi connectivity index (χ0v) is 15.4. The van der Waals surface area contributed by atoms with Gasteiger partial charge in [-0.3, -0.25) is 14.5 Å². The van der Waals surface area contributed by atoms with Crippen molar-refractivity contribution in [3.63, 3.8) is 0 Å². The first-order valence-corrected chi connectivity index (χ1v) is 9.57. The predicted octanol–water partition coefficient (Wildman–Crippen LogP) is 1.48. The van der Waals surface area contributed by atoms with Gasteiger partial charge in [-0.2, -0.15) is 5.10 Å². The van der Waals surface area contributed by atoms with Gasteiger partial charge in [-0.15, -0.1) is 0 Å². The zero-order valence-electron chi connectivity index (χ0n) is 14.6. The van der Waals surface area contributed by atoms with Crippen LogP contribution in [-0.4, -0.2) is 65.1 Å². The van der Waals surface area contributed by atoms with Crippen LogP contribution >= 0.6 is 11.8 Å². The van der Waals surface area contributed by atoms with Gasteiger partial charge in [0.15, 0.2) is 0 Å². The fourth-order valence-corrected chi connectivity index (χ4v) is 4.31. The molecule has 0 N–H and O–H groups in total. The summed E-state index contributed by atoms with van der Waals surface area (Å²) in [6, 6.07) is 9.82. The first-order valence-electron chi connectivity index (χ1n) is 8.59. The molecular weight excluding hydrogens is 352 g/mol. The van der Waals surface area contributed by atoms with Crippen LogP contribution < -0.4 is 4.90 Å². The van der Waals surface area contributed by atoms with Gasteiger partial charge in [0.05, 0.1) is 36.0 Å². The van der Waals surface area contributed by atoms with Crippen molar-refractivity contribution in [3.05, 3.63) is 36.0 Å². The van der Waals surface area contributed by atoms with Crippen LogP contribution in [0.5, 0.6) is 0 Å². The number of rotatable bonds is 3. The van der Waals surface area contributed by atoms with Crippen molar-refractivity contribution < 1.29 is 14.3 Å². The van der Waals surface area contributed by atoms with E-state index in [2.05, 4.69) is 5.10 Å². The molecule has 0 atom stereocenters. The Morgan fingerprint density at radius 2 is 1.96 bits per heavy atom. The number of anilines is 1. The maximum absolute atomic E-state index is 12.7. The highest BCUT2D eigenvalue weighted by Crippen LogP contribution is 2.39. The molecule has 0 unspecified atom stereocenters. The van der Waals surface area contributed by atoms with Crippen LogP contribution in [0.15, 0.2) is 35.4 Å². The second kappa shape index (κ2) is 7.13. The summed E-state index contributed by atoms with van der Waals surface area (Å²) in [5.74, 6) is 0.202. The number of hydrogen-bond acceptors (Lipinski definition) is 5. The number of thioether (sulfide) groups is 1. The molecule has 1 aromatic carbocycles. The highest BCUT2D eigenvalue weighted by Gasteiger charge is 2.33. The van der Waals surface area contributed by atoms with Crippen LogP contribution in [-0.2, 0) is 14.3 Å². The number of benzene rings is 1. The summed E-state index contributed by atoms with van der Waals surface area (Å²) in [6.45, 7) is 4.17. The van der Waals surface area contributed by atoms with Gasteiger partial charge >= 0.3 is 0 Å². The maximum Gasteiger partial charge on any atom is 0.242 e. The van der Waals surface area contributed by atoms with Crippen molar-refractivity contribution in [3.8, 4) is 5.69 Å². The van der Waals surface area contributed by atoms with E-state index in [-0.39, 0.29) is 18.4 Å². The average Bonchev–Trinajstić information content (AvgIpc) is 3.02. The number of carbonyl (C=O) groups excluding carboxylic acids is 2. The monoisotopic (exact) mass is 372 g/mol. The number of aromatic nitrogens is 2. The third-order valence-electron chi connectivity index (χ3n) is 4.55. The number of nitrogens with zero attached hydrogens (tertiary/aromatic N) is 4. The molecular formula is C18H20N4O3S. The molecule has 3 heterocycles. The van der Waals surface area contributed by atoms with Crippen molar-refractivity contribution >= 4 is 29.3 Å². The molecule has 1 fully saturated rings. The third-order valence-corrected chi connectivity index (χ3v) is 5.58. The van der Waals surface area contributed by atoms with Crippen molar-refractivity contribution in [2.24, 2.45) is 0 Å². The van der Waals surface area contributed by atoms with Crippen LogP contribution in [0.2, 0.25) is 0 Å². The summed E-state index contributed by atoms with van der Waals surface area (Å²) >= 11 is 1.47. The van der Waals surface area contributed by atoms with E-state index < -0.39 is 0 Å². The van der Waals surface area contributed by atoms with Crippen molar-refractivity contribution in [1.82, 2.24) is 14.7 Å². The minimum atomic E-state index is -0.0557. The van der Waals surface area contributed by atoms with Crippen molar-refractivity contribution in [1.29, 1.82) is 0 Å². The Balaban J connectivity index is 1.65. The summed E-state index contributed by atoms with van der Waals surface area (Å²) in [5.41, 5.74) is 2.44. The first-order chi connectivity index (χ1) is 12.6. The average molecular weight is 372 g/mol. The Morgan fingerprint density at radius 1 is 1.23 bits per heavy atom. The van der Waals surface area contributed by atoms with Gasteiger partial charge in [0.25, 0.3) is 0 Å². The molecule has 26 heavy (non-hydrogen) atoms. The molecule has 4 rings (SSSR count). The second-order valence-corrected chi connectivity index (χ2v) is 7.21. The summed E-state index contributed by atoms with van der Waals surface area (Å²) in [6.07, 6.45) is 0. The van der Waals surface area contributed by atoms with Crippen LogP contribution in [0.1, 0.15) is 5.69 Å². The molecule has 7 nitrogen and oxygen atoms in total. The number of morpholine rings is 1. The summed E-state index contributed by atoms with van der Waals surface area (Å²) in [5, 5.41) is 5.53. The van der Waals surface area contributed by atoms with E-state index >= 15 is 0 Å². The summed E-state index contributed by atoms with van der Waals surface area (Å²) < 4.78 is 7.15. The van der Waals surface area contributed by atoms with Crippen LogP contribution in [0.4, 0.5) is 5.69 Å². The third kappa shape index (κ3) is 3.10. The van der Waals surface area contributed by atoms with E-state index in [0.29, 0.717) is 32.1 Å². The number of para-hydroxylation sites is 1. The minimum Gasteiger partial charge on any atom is -0.378 e. The molecule has 1 aromatic heterocycles. The molecule has 0 saturated carbocycles. The van der Waals surface area contributed by atoms with Crippen molar-refractivity contribution in [2.45, 2.75) is 11.9 Å². The lowest BCUT2D eigenvalue weighted by Crippen LogP contribution is -2.48. The van der Waals surface area contributed by atoms with E-state index in [1.807, 2.05) is 41.9 Å². The molecule has 0 aliphatic carbocycles. The smallest absolute Gasteiger partial charge is 0.242 e. The molecule has 136 valence electrons. The highest BCUT2D eigenvalue weighted by atomic mass is 32.2. The van der Waals surface area contributed by atoms with E-state index in [1.165, 1.54) is 11.8 Å². The Bertz CT molecular complexity index is 830. The van der Waals surface area contributed by atoms with Crippen LogP contribution in [0.3, 0.4) is 0 Å². The summed E-state index contributed by atoms with van der Waals surface area (Å²) in [7, 11) is 0. The van der Waals surface area contributed by atoms with Crippen LogP contribution in [0, 0.1) is 6.92 Å². The van der Waals surface area contributed by atoms with Gasteiger partial charge in [-0.25, -0.2) is 4.68 Å². The zero-order chi connectivity index (χ0) is 18.1. The van der Waals surface area contributed by atoms with Crippen molar-refractivity contribution in [2.75, 3.05) is 43.5 Å². The van der Waals surface area contributed by atoms with Gasteiger partial charge < -0.3 is 9.64 Å². The number of ether oxygens (including phenoxy) is 1. The number of hydrogen-bond donors (Lipinski definition) is 0. The topological polar surface area (TPSA) is 67.7 Å². The molecule has 1 saturated heterocycles. The molecule has 2 aromatic rings. The Kier molecular flexibility index (Phi) is 4.69. The molecule has 0 radical (unpaired) electrons. The van der Waals surface area contributed by atoms with Gasteiger partial charge in [-0.1, -0.05) is 30.0 Å². The fraction of sp³-hybridized carbons (Fsp3) is 0.389. The minimum absolute atomic E-state index is 0.0493. The van der Waals surface area contributed by atoms with Gasteiger partial charge in [0.1, 0.15) is 11.6 Å². The largest absolute Gasteiger partial charge is 0.378 e. The molecule has 8 heteroatoms. The second-order valence-electron chi connectivity index (χ2n) is 6.25. The number of aryl methyl sites for hydroxylation is 1. The lowest BCUT2D eigenvalue weighted by molar-refractivity contribution is -0.134. The Labute approximate surface area is 155 Å². The maximum atomic E-state index is 12.7. The number of fused-ring (bicyclic) bond motifs is 1. The quantitative estimate of drug-likeness (QED) is 0.816. The molecule has 2 amide bonds. The van der Waals surface area contributed by atoms with Gasteiger partial charge in [0.2, 0.25) is 11.8 Å². The Morgan fingerprint density at radius 3 is 2.69 bits per heavy atom. The van der Waals surface area contributed by atoms with E-state index in [9.17, 15) is 9.59 Å². The lowest BCUT2D eigenvalue weighted by Gasteiger charge is -2.31. The Hall–Kier alpha value is -2.32. The molecule has 0 bridgehead atoms. The van der Waals surface area contributed by atoms with E-state index in [1.54, 1.807) is 9.80 Å². The standard InChI is InChI=1S/C18H20N4O3S/c1-13-17-18(22(19-13)14-5-3-2-4-6-14)26-12-16(24)21(17)11-15(23)20-7-9-25-10-8-20/h2-6H,7-12H2,1H3. The van der Waals surface area contributed by atoms with Gasteiger partial charge in [0, 0.05) is 13.1 Å². The van der Waals surface area contributed by atoms with Crippen LogP contribution in [0.25, 0.3) is 5.69 Å². The number of amides is 2. The molecule has 2 aliphatic rings. The molecule has 2 aliphatic heterocycles. The first kappa shape index (κ1) is 17.1. The van der Waals surface area contributed by atoms with E-state index in [0.717, 1.165) is 22.1 Å². The normalized spacial score (nSPS) is 17.3. The summed E-state index contributed by atoms with van der Waals surface area (Å²) in [4.78, 5) is 28.5.